The van der Waals surface area contributed by atoms with E-state index in [0.717, 1.165) is 59.7 Å². The van der Waals surface area contributed by atoms with Crippen LogP contribution in [0.2, 0.25) is 0 Å². The highest BCUT2D eigenvalue weighted by molar-refractivity contribution is 5.83. The number of nitrogens with one attached hydrogen (secondary N) is 2. The molecular formula is C18H18N6O. The molecule has 0 radical (unpaired) electrons. The van der Waals surface area contributed by atoms with Crippen LogP contribution in [0, 0.1) is 0 Å². The van der Waals surface area contributed by atoms with Crippen molar-refractivity contribution in [3.63, 3.8) is 0 Å². The Hall–Kier alpha value is -2.93. The van der Waals surface area contributed by atoms with Gasteiger partial charge in [0.25, 0.3) is 0 Å². The number of aromatic amines is 1. The molecule has 0 atom stereocenters. The molecule has 1 fully saturated rings. The van der Waals surface area contributed by atoms with Gasteiger partial charge in [0, 0.05) is 30.2 Å². The number of nitrogens with zero attached hydrogens (tertiary/aromatic N) is 4. The zero-order valence-corrected chi connectivity index (χ0v) is 13.6. The third kappa shape index (κ3) is 2.62. The fraction of sp³-hybridized carbons (Fsp3) is 0.278. The van der Waals surface area contributed by atoms with E-state index in [4.69, 9.17) is 9.84 Å². The highest BCUT2D eigenvalue weighted by Crippen LogP contribution is 2.24. The van der Waals surface area contributed by atoms with Crippen LogP contribution in [0.4, 0.5) is 5.82 Å². The summed E-state index contributed by atoms with van der Waals surface area (Å²) in [4.78, 5) is 4.48. The Morgan fingerprint density at radius 1 is 1.12 bits per heavy atom. The van der Waals surface area contributed by atoms with E-state index < -0.39 is 0 Å². The quantitative estimate of drug-likeness (QED) is 0.602. The van der Waals surface area contributed by atoms with Crippen molar-refractivity contribution in [2.45, 2.75) is 18.9 Å². The molecule has 126 valence electrons. The van der Waals surface area contributed by atoms with Gasteiger partial charge < -0.3 is 10.1 Å². The van der Waals surface area contributed by atoms with Gasteiger partial charge in [0.1, 0.15) is 5.82 Å². The highest BCUT2D eigenvalue weighted by Gasteiger charge is 2.15. The lowest BCUT2D eigenvalue weighted by atomic mass is 10.1. The smallest absolute Gasteiger partial charge is 0.154 e. The molecule has 1 aliphatic heterocycles. The molecule has 4 aromatic rings. The summed E-state index contributed by atoms with van der Waals surface area (Å²) in [5, 5.41) is 16.4. The predicted molar refractivity (Wildman–Crippen MR) is 95.5 cm³/mol. The van der Waals surface area contributed by atoms with Crippen LogP contribution in [0.15, 0.2) is 42.7 Å². The standard InChI is InChI=1S/C18H18N6O/c1-2-13-10-20-22-15(13)9-12(1)16-11-19-18-4-3-17(23-24(16)18)21-14-5-7-25-8-6-14/h1-4,9-11,14H,5-8H2,(H,20,22)(H,21,23). The van der Waals surface area contributed by atoms with Crippen molar-refractivity contribution in [1.82, 2.24) is 24.8 Å². The lowest BCUT2D eigenvalue weighted by Crippen LogP contribution is -2.28. The van der Waals surface area contributed by atoms with Gasteiger partial charge in [-0.05, 0) is 31.0 Å². The molecule has 1 aromatic carbocycles. The van der Waals surface area contributed by atoms with Crippen molar-refractivity contribution in [2.24, 2.45) is 0 Å². The minimum absolute atomic E-state index is 0.409. The Morgan fingerprint density at radius 3 is 2.96 bits per heavy atom. The van der Waals surface area contributed by atoms with Gasteiger partial charge >= 0.3 is 0 Å². The molecule has 0 amide bonds. The molecule has 1 saturated heterocycles. The fourth-order valence-electron chi connectivity index (χ4n) is 3.29. The van der Waals surface area contributed by atoms with E-state index in [0.29, 0.717) is 6.04 Å². The first-order chi connectivity index (χ1) is 12.4. The number of ether oxygens (including phenoxy) is 1. The van der Waals surface area contributed by atoms with Crippen LogP contribution >= 0.6 is 0 Å². The van der Waals surface area contributed by atoms with Crippen LogP contribution < -0.4 is 5.32 Å². The number of anilines is 1. The van der Waals surface area contributed by atoms with Crippen molar-refractivity contribution in [3.8, 4) is 11.3 Å². The third-order valence-electron chi connectivity index (χ3n) is 4.67. The maximum Gasteiger partial charge on any atom is 0.154 e. The Balaban J connectivity index is 1.53. The first-order valence-corrected chi connectivity index (χ1v) is 8.49. The molecule has 2 N–H and O–H groups in total. The summed E-state index contributed by atoms with van der Waals surface area (Å²) in [5.41, 5.74) is 3.85. The molecule has 5 rings (SSSR count). The van der Waals surface area contributed by atoms with Gasteiger partial charge in [-0.1, -0.05) is 12.1 Å². The first kappa shape index (κ1) is 14.4. The molecule has 25 heavy (non-hydrogen) atoms. The molecule has 1 aliphatic rings. The highest BCUT2D eigenvalue weighted by atomic mass is 16.5. The number of rotatable bonds is 3. The monoisotopic (exact) mass is 334 g/mol. The topological polar surface area (TPSA) is 80.1 Å². The fourth-order valence-corrected chi connectivity index (χ4v) is 3.29. The van der Waals surface area contributed by atoms with Crippen molar-refractivity contribution >= 4 is 22.4 Å². The Kier molecular flexibility index (Phi) is 3.38. The van der Waals surface area contributed by atoms with Crippen molar-refractivity contribution in [2.75, 3.05) is 18.5 Å². The number of H-pyrrole nitrogens is 1. The second-order valence-electron chi connectivity index (χ2n) is 6.34. The van der Waals surface area contributed by atoms with E-state index in [1.54, 1.807) is 0 Å². The molecular weight excluding hydrogens is 316 g/mol. The van der Waals surface area contributed by atoms with Crippen LogP contribution in [-0.2, 0) is 4.74 Å². The second-order valence-corrected chi connectivity index (χ2v) is 6.34. The number of aromatic nitrogens is 5. The molecule has 0 unspecified atom stereocenters. The summed E-state index contributed by atoms with van der Waals surface area (Å²) in [6, 6.07) is 10.6. The second kappa shape index (κ2) is 5.86. The number of benzene rings is 1. The van der Waals surface area contributed by atoms with Crippen LogP contribution in [0.5, 0.6) is 0 Å². The van der Waals surface area contributed by atoms with E-state index in [1.165, 1.54) is 0 Å². The van der Waals surface area contributed by atoms with E-state index in [1.807, 2.05) is 29.0 Å². The molecule has 0 spiro atoms. The molecule has 0 bridgehead atoms. The molecule has 0 aliphatic carbocycles. The average Bonchev–Trinajstić information content (AvgIpc) is 3.28. The minimum atomic E-state index is 0.409. The zero-order valence-electron chi connectivity index (χ0n) is 13.6. The predicted octanol–water partition coefficient (Wildman–Crippen LogP) is 2.86. The lowest BCUT2D eigenvalue weighted by molar-refractivity contribution is 0.0903. The van der Waals surface area contributed by atoms with Gasteiger partial charge in [-0.25, -0.2) is 9.50 Å². The summed E-state index contributed by atoms with van der Waals surface area (Å²) in [7, 11) is 0. The molecule has 7 nitrogen and oxygen atoms in total. The summed E-state index contributed by atoms with van der Waals surface area (Å²) in [6.45, 7) is 1.61. The average molecular weight is 334 g/mol. The van der Waals surface area contributed by atoms with E-state index in [2.05, 4.69) is 38.7 Å². The summed E-state index contributed by atoms with van der Waals surface area (Å²) >= 11 is 0. The minimum Gasteiger partial charge on any atom is -0.381 e. The van der Waals surface area contributed by atoms with Crippen molar-refractivity contribution < 1.29 is 4.74 Å². The van der Waals surface area contributed by atoms with Crippen LogP contribution in [0.25, 0.3) is 27.8 Å². The number of hydrogen-bond acceptors (Lipinski definition) is 5. The van der Waals surface area contributed by atoms with E-state index >= 15 is 0 Å². The Bertz CT molecular complexity index is 1030. The number of imidazole rings is 1. The van der Waals surface area contributed by atoms with Gasteiger partial charge in [-0.15, -0.1) is 5.10 Å². The van der Waals surface area contributed by atoms with Crippen LogP contribution in [0.3, 0.4) is 0 Å². The largest absolute Gasteiger partial charge is 0.381 e. The molecule has 0 saturated carbocycles. The van der Waals surface area contributed by atoms with Gasteiger partial charge in [-0.3, -0.25) is 5.10 Å². The van der Waals surface area contributed by atoms with Crippen LogP contribution in [-0.4, -0.2) is 44.1 Å². The molecule has 4 heterocycles. The maximum atomic E-state index is 5.42. The summed E-state index contributed by atoms with van der Waals surface area (Å²) in [5.74, 6) is 0.862. The number of fused-ring (bicyclic) bond motifs is 2. The van der Waals surface area contributed by atoms with Gasteiger partial charge in [-0.2, -0.15) is 5.10 Å². The van der Waals surface area contributed by atoms with Gasteiger partial charge in [0.2, 0.25) is 0 Å². The normalized spacial score (nSPS) is 15.8. The van der Waals surface area contributed by atoms with Crippen molar-refractivity contribution in [3.05, 3.63) is 42.7 Å². The summed E-state index contributed by atoms with van der Waals surface area (Å²) < 4.78 is 7.31. The van der Waals surface area contributed by atoms with Crippen LogP contribution in [0.1, 0.15) is 12.8 Å². The summed E-state index contributed by atoms with van der Waals surface area (Å²) in [6.07, 6.45) is 5.69. The Labute approximate surface area is 144 Å². The van der Waals surface area contributed by atoms with E-state index in [9.17, 15) is 0 Å². The maximum absolute atomic E-state index is 5.42. The van der Waals surface area contributed by atoms with E-state index in [-0.39, 0.29) is 0 Å². The lowest BCUT2D eigenvalue weighted by Gasteiger charge is -2.23. The first-order valence-electron chi connectivity index (χ1n) is 8.49. The SMILES string of the molecule is c1cc2cn[nH]c2cc1-c1cnc2ccc(NC3CCOCC3)nn12. The van der Waals surface area contributed by atoms with Crippen molar-refractivity contribution in [1.29, 1.82) is 0 Å². The van der Waals surface area contributed by atoms with Gasteiger partial charge in [0.05, 0.1) is 23.6 Å². The third-order valence-corrected chi connectivity index (χ3v) is 4.67. The molecule has 7 heteroatoms. The molecule has 3 aromatic heterocycles. The Morgan fingerprint density at radius 2 is 2.04 bits per heavy atom. The number of hydrogen-bond donors (Lipinski definition) is 2. The van der Waals surface area contributed by atoms with Gasteiger partial charge in [0.15, 0.2) is 5.65 Å². The zero-order chi connectivity index (χ0) is 16.6.